The van der Waals surface area contributed by atoms with Gasteiger partial charge in [-0.25, -0.2) is 0 Å². The van der Waals surface area contributed by atoms with Crippen LogP contribution in [-0.4, -0.2) is 19.0 Å². The molecule has 1 radical (unpaired) electrons. The van der Waals surface area contributed by atoms with Crippen LogP contribution in [0.25, 0.3) is 11.1 Å². The third-order valence-corrected chi connectivity index (χ3v) is 2.91. The lowest BCUT2D eigenvalue weighted by atomic mass is 10.0. The molecule has 0 amide bonds. The molecule has 0 bridgehead atoms. The van der Waals surface area contributed by atoms with Crippen molar-refractivity contribution in [3.63, 3.8) is 0 Å². The van der Waals surface area contributed by atoms with E-state index in [1.54, 1.807) is 11.3 Å². The zero-order chi connectivity index (χ0) is 10.7. The van der Waals surface area contributed by atoms with E-state index in [1.807, 2.05) is 0 Å². The summed E-state index contributed by atoms with van der Waals surface area (Å²) in [5, 5.41) is 5.28. The lowest BCUT2D eigenvalue weighted by Gasteiger charge is -2.13. The molecule has 1 heterocycles. The fourth-order valence-electron chi connectivity index (χ4n) is 1.65. The molecule has 0 N–H and O–H groups in total. The van der Waals surface area contributed by atoms with Gasteiger partial charge in [-0.15, -0.1) is 11.3 Å². The fourth-order valence-corrected chi connectivity index (χ4v) is 2.24. The second kappa shape index (κ2) is 4.60. The summed E-state index contributed by atoms with van der Waals surface area (Å²) in [5.41, 5.74) is 3.97. The first-order valence-electron chi connectivity index (χ1n) is 4.95. The molecule has 0 atom stereocenters. The van der Waals surface area contributed by atoms with Crippen molar-refractivity contribution in [1.82, 2.24) is 4.90 Å². The average Bonchev–Trinajstić information content (AvgIpc) is 2.70. The molecule has 0 aliphatic rings. The van der Waals surface area contributed by atoms with Gasteiger partial charge in [-0.2, -0.15) is 0 Å². The van der Waals surface area contributed by atoms with Crippen molar-refractivity contribution in [3.8, 4) is 11.1 Å². The molecule has 0 fully saturated rings. The maximum atomic E-state index is 3.14. The number of nitrogens with zero attached hydrogens (tertiary/aromatic N) is 1. The van der Waals surface area contributed by atoms with Gasteiger partial charge in [0.05, 0.1) is 0 Å². The highest BCUT2D eigenvalue weighted by Crippen LogP contribution is 2.25. The normalized spacial score (nSPS) is 10.9. The van der Waals surface area contributed by atoms with Gasteiger partial charge in [0.1, 0.15) is 0 Å². The Hall–Kier alpha value is -1.12. The number of thiophene rings is 1. The first kappa shape index (κ1) is 10.4. The summed E-state index contributed by atoms with van der Waals surface area (Å²) in [6.07, 6.45) is 0. The highest BCUT2D eigenvalue weighted by molar-refractivity contribution is 7.07. The predicted octanol–water partition coefficient (Wildman–Crippen LogP) is 3.28. The fraction of sp³-hybridized carbons (Fsp3) is 0.231. The van der Waals surface area contributed by atoms with Gasteiger partial charge in [-0.1, -0.05) is 24.3 Å². The number of hydrogen-bond acceptors (Lipinski definition) is 2. The molecule has 2 heteroatoms. The summed E-state index contributed by atoms with van der Waals surface area (Å²) in [4.78, 5) is 2.19. The lowest BCUT2D eigenvalue weighted by Crippen LogP contribution is -2.11. The van der Waals surface area contributed by atoms with Crippen LogP contribution in [0.2, 0.25) is 0 Å². The van der Waals surface area contributed by atoms with Crippen molar-refractivity contribution >= 4 is 11.3 Å². The number of benzene rings is 1. The smallest absolute Gasteiger partial charge is 0.0449 e. The van der Waals surface area contributed by atoms with Gasteiger partial charge in [-0.05, 0) is 42.2 Å². The van der Waals surface area contributed by atoms with Crippen LogP contribution in [-0.2, 0) is 6.54 Å². The Morgan fingerprint density at radius 2 is 2.07 bits per heavy atom. The van der Waals surface area contributed by atoms with E-state index in [1.165, 1.54) is 16.7 Å². The van der Waals surface area contributed by atoms with Gasteiger partial charge >= 0.3 is 0 Å². The molecule has 0 unspecified atom stereocenters. The van der Waals surface area contributed by atoms with Crippen LogP contribution in [0.15, 0.2) is 35.7 Å². The first-order valence-corrected chi connectivity index (χ1v) is 5.83. The van der Waals surface area contributed by atoms with Crippen molar-refractivity contribution in [3.05, 3.63) is 46.7 Å². The molecule has 2 aromatic rings. The second-order valence-electron chi connectivity index (χ2n) is 3.85. The number of hydrogen-bond donors (Lipinski definition) is 0. The monoisotopic (exact) mass is 216 g/mol. The topological polar surface area (TPSA) is 3.24 Å². The van der Waals surface area contributed by atoms with Crippen LogP contribution in [0.5, 0.6) is 0 Å². The minimum Gasteiger partial charge on any atom is -0.305 e. The Balaban J connectivity index is 2.38. The summed E-state index contributed by atoms with van der Waals surface area (Å²) in [7, 11) is 4.19. The van der Waals surface area contributed by atoms with Crippen molar-refractivity contribution < 1.29 is 0 Å². The number of rotatable bonds is 3. The van der Waals surface area contributed by atoms with E-state index in [0.29, 0.717) is 0 Å². The van der Waals surface area contributed by atoms with E-state index in [0.717, 1.165) is 6.54 Å². The summed E-state index contributed by atoms with van der Waals surface area (Å²) in [5.74, 6) is 0. The molecule has 1 aromatic carbocycles. The van der Waals surface area contributed by atoms with Gasteiger partial charge in [0, 0.05) is 11.9 Å². The van der Waals surface area contributed by atoms with E-state index in [4.69, 9.17) is 0 Å². The highest BCUT2D eigenvalue weighted by atomic mass is 32.1. The molecule has 0 saturated heterocycles. The largest absolute Gasteiger partial charge is 0.305 e. The summed E-state index contributed by atoms with van der Waals surface area (Å²) < 4.78 is 0. The molecule has 0 saturated carbocycles. The van der Waals surface area contributed by atoms with Crippen molar-refractivity contribution in [2.24, 2.45) is 0 Å². The third kappa shape index (κ3) is 2.46. The summed E-state index contributed by atoms with van der Waals surface area (Å²) in [6.45, 7) is 0.978. The Bertz CT molecular complexity index is 418. The molecule has 2 rings (SSSR count). The van der Waals surface area contributed by atoms with Crippen LogP contribution in [0, 0.1) is 5.38 Å². The lowest BCUT2D eigenvalue weighted by molar-refractivity contribution is 0.403. The molecule has 0 aliphatic carbocycles. The molecule has 77 valence electrons. The maximum absolute atomic E-state index is 3.14. The quantitative estimate of drug-likeness (QED) is 0.761. The Kier molecular flexibility index (Phi) is 3.19. The van der Waals surface area contributed by atoms with Crippen molar-refractivity contribution in [1.29, 1.82) is 0 Å². The molecule has 15 heavy (non-hydrogen) atoms. The Morgan fingerprint density at radius 3 is 2.73 bits per heavy atom. The van der Waals surface area contributed by atoms with Gasteiger partial charge in [0.25, 0.3) is 0 Å². The first-order chi connectivity index (χ1) is 7.27. The van der Waals surface area contributed by atoms with Crippen LogP contribution in [0.1, 0.15) is 5.56 Å². The molecular formula is C13H14NS. The predicted molar refractivity (Wildman–Crippen MR) is 66.0 cm³/mol. The van der Waals surface area contributed by atoms with E-state index in [2.05, 4.69) is 60.1 Å². The van der Waals surface area contributed by atoms with Gasteiger partial charge in [0.2, 0.25) is 0 Å². The third-order valence-electron chi connectivity index (χ3n) is 2.28. The van der Waals surface area contributed by atoms with Crippen LogP contribution in [0.4, 0.5) is 0 Å². The van der Waals surface area contributed by atoms with Crippen LogP contribution < -0.4 is 0 Å². The molecule has 1 nitrogen and oxygen atoms in total. The van der Waals surface area contributed by atoms with E-state index in [-0.39, 0.29) is 0 Å². The Morgan fingerprint density at radius 1 is 1.27 bits per heavy atom. The SMILES string of the molecule is CN(C)Cc1ccccc1-c1c[c]sc1. The highest BCUT2D eigenvalue weighted by Gasteiger charge is 2.05. The van der Waals surface area contributed by atoms with Crippen molar-refractivity contribution in [2.45, 2.75) is 6.54 Å². The molecule has 0 spiro atoms. The zero-order valence-electron chi connectivity index (χ0n) is 9.03. The molecule has 0 aliphatic heterocycles. The maximum Gasteiger partial charge on any atom is 0.0449 e. The zero-order valence-corrected chi connectivity index (χ0v) is 9.84. The van der Waals surface area contributed by atoms with E-state index < -0.39 is 0 Å². The van der Waals surface area contributed by atoms with Gasteiger partial charge < -0.3 is 4.90 Å². The summed E-state index contributed by atoms with van der Waals surface area (Å²) >= 11 is 1.62. The van der Waals surface area contributed by atoms with Gasteiger partial charge in [-0.3, -0.25) is 0 Å². The Labute approximate surface area is 95.0 Å². The minimum absolute atomic E-state index is 0.978. The second-order valence-corrected chi connectivity index (χ2v) is 4.56. The summed E-state index contributed by atoms with van der Waals surface area (Å²) in [6, 6.07) is 10.6. The molecule has 1 aromatic heterocycles. The van der Waals surface area contributed by atoms with Gasteiger partial charge in [0.15, 0.2) is 0 Å². The standard InChI is InChI=1S/C13H14NS/c1-14(2)9-11-5-3-4-6-13(11)12-7-8-15-10-12/h3-7,10H,9H2,1-2H3. The van der Waals surface area contributed by atoms with Crippen molar-refractivity contribution in [2.75, 3.05) is 14.1 Å². The van der Waals surface area contributed by atoms with E-state index >= 15 is 0 Å². The van der Waals surface area contributed by atoms with E-state index in [9.17, 15) is 0 Å². The van der Waals surface area contributed by atoms with Crippen LogP contribution in [0.3, 0.4) is 0 Å². The van der Waals surface area contributed by atoms with Crippen LogP contribution >= 0.6 is 11.3 Å². The molecular weight excluding hydrogens is 202 g/mol. The average molecular weight is 216 g/mol. The minimum atomic E-state index is 0.978.